The first kappa shape index (κ1) is 10.2. The van der Waals surface area contributed by atoms with Gasteiger partial charge in [-0.1, -0.05) is 0 Å². The van der Waals surface area contributed by atoms with Crippen molar-refractivity contribution in [1.29, 1.82) is 0 Å². The molecule has 0 aliphatic heterocycles. The van der Waals surface area contributed by atoms with E-state index in [1.165, 1.54) is 0 Å². The number of unbranched alkanes of at least 4 members (excludes halogenated alkanes) is 1. The van der Waals surface area contributed by atoms with Crippen LogP contribution in [-0.2, 0) is 11.4 Å². The summed E-state index contributed by atoms with van der Waals surface area (Å²) < 4.78 is 0. The number of hydrogen-bond donors (Lipinski definition) is 3. The fourth-order valence-electron chi connectivity index (χ4n) is 1.04. The zero-order valence-corrected chi connectivity index (χ0v) is 7.62. The molecule has 5 heteroatoms. The van der Waals surface area contributed by atoms with Gasteiger partial charge in [0.15, 0.2) is 0 Å². The average Bonchev–Trinajstić information content (AvgIpc) is 2.63. The fourth-order valence-corrected chi connectivity index (χ4v) is 1.04. The Balaban J connectivity index is 1.90. The van der Waals surface area contributed by atoms with Gasteiger partial charge in [0.1, 0.15) is 5.82 Å². The normalized spacial score (nSPS) is 10.5. The summed E-state index contributed by atoms with van der Waals surface area (Å²) in [6, 6.07) is 0. The molecule has 13 heavy (non-hydrogen) atoms. The van der Waals surface area contributed by atoms with Gasteiger partial charge >= 0.3 is 0 Å². The molecule has 4 N–H and O–H groups in total. The highest BCUT2D eigenvalue weighted by molar-refractivity contribution is 4.85. The summed E-state index contributed by atoms with van der Waals surface area (Å²) in [4.78, 5) is 11.6. The molecule has 0 saturated heterocycles. The van der Waals surface area contributed by atoms with Gasteiger partial charge < -0.3 is 15.1 Å². The Morgan fingerprint density at radius 1 is 1.54 bits per heavy atom. The third-order valence-electron chi connectivity index (χ3n) is 1.71. The molecule has 0 aliphatic carbocycles. The molecule has 0 bridgehead atoms. The zero-order valence-electron chi connectivity index (χ0n) is 7.62. The number of H-pyrrole nitrogens is 1. The molecule has 0 saturated carbocycles. The van der Waals surface area contributed by atoms with E-state index in [0.29, 0.717) is 6.61 Å². The Hall–Kier alpha value is -0.910. The van der Waals surface area contributed by atoms with Gasteiger partial charge in [-0.25, -0.2) is 10.9 Å². The van der Waals surface area contributed by atoms with Crippen LogP contribution in [0.25, 0.3) is 0 Å². The molecule has 0 atom stereocenters. The quantitative estimate of drug-likeness (QED) is 0.417. The van der Waals surface area contributed by atoms with Crippen LogP contribution in [0, 0.1) is 0 Å². The van der Waals surface area contributed by atoms with Crippen molar-refractivity contribution in [2.45, 2.75) is 19.4 Å². The van der Waals surface area contributed by atoms with E-state index in [2.05, 4.69) is 20.1 Å². The van der Waals surface area contributed by atoms with Gasteiger partial charge in [-0.3, -0.25) is 0 Å². The molecule has 1 aromatic heterocycles. The van der Waals surface area contributed by atoms with Crippen LogP contribution in [0.1, 0.15) is 18.7 Å². The van der Waals surface area contributed by atoms with Crippen LogP contribution in [0.4, 0.5) is 0 Å². The third-order valence-corrected chi connectivity index (χ3v) is 1.71. The van der Waals surface area contributed by atoms with Crippen LogP contribution in [0.3, 0.4) is 0 Å². The predicted octanol–water partition coefficient (Wildman–Crippen LogP) is 0.170. The highest BCUT2D eigenvalue weighted by Gasteiger charge is 1.92. The van der Waals surface area contributed by atoms with E-state index in [-0.39, 0.29) is 0 Å². The summed E-state index contributed by atoms with van der Waals surface area (Å²) in [6.07, 6.45) is 5.62. The van der Waals surface area contributed by atoms with Crippen molar-refractivity contribution in [3.05, 3.63) is 18.2 Å². The molecule has 0 radical (unpaired) electrons. The minimum Gasteiger partial charge on any atom is -0.348 e. The van der Waals surface area contributed by atoms with Crippen molar-refractivity contribution < 1.29 is 4.84 Å². The van der Waals surface area contributed by atoms with Crippen molar-refractivity contribution in [3.8, 4) is 0 Å². The minimum absolute atomic E-state index is 0.627. The molecule has 0 spiro atoms. The molecule has 1 aromatic rings. The number of nitrogens with one attached hydrogen (secondary N) is 2. The summed E-state index contributed by atoms with van der Waals surface area (Å²) in [7, 11) is 0. The smallest absolute Gasteiger partial charge is 0.120 e. The Morgan fingerprint density at radius 2 is 2.46 bits per heavy atom. The average molecular weight is 184 g/mol. The highest BCUT2D eigenvalue weighted by Crippen LogP contribution is 1.89. The molecule has 0 unspecified atom stereocenters. The predicted molar refractivity (Wildman–Crippen MR) is 49.7 cm³/mol. The molecule has 5 nitrogen and oxygen atoms in total. The van der Waals surface area contributed by atoms with E-state index in [1.54, 1.807) is 6.20 Å². The van der Waals surface area contributed by atoms with Crippen molar-refractivity contribution in [3.63, 3.8) is 0 Å². The maximum absolute atomic E-state index is 4.89. The number of aromatic amines is 1. The number of rotatable bonds is 7. The molecular weight excluding hydrogens is 168 g/mol. The molecule has 0 aliphatic rings. The van der Waals surface area contributed by atoms with Crippen LogP contribution >= 0.6 is 0 Å². The van der Waals surface area contributed by atoms with Crippen molar-refractivity contribution in [1.82, 2.24) is 15.3 Å². The third kappa shape index (κ3) is 4.62. The lowest BCUT2D eigenvalue weighted by atomic mass is 10.3. The lowest BCUT2D eigenvalue weighted by molar-refractivity contribution is 0.134. The van der Waals surface area contributed by atoms with E-state index in [0.717, 1.165) is 31.8 Å². The first-order chi connectivity index (χ1) is 6.43. The summed E-state index contributed by atoms with van der Waals surface area (Å²) in [5.41, 5.74) is 0. The summed E-state index contributed by atoms with van der Waals surface area (Å²) in [5, 5.41) is 3.26. The lowest BCUT2D eigenvalue weighted by Crippen LogP contribution is -2.16. The fraction of sp³-hybridized carbons (Fsp3) is 0.625. The summed E-state index contributed by atoms with van der Waals surface area (Å²) in [6.45, 7) is 2.38. The molecule has 74 valence electrons. The Kier molecular flexibility index (Phi) is 5.16. The van der Waals surface area contributed by atoms with Crippen molar-refractivity contribution >= 4 is 0 Å². The monoisotopic (exact) mass is 184 g/mol. The number of nitrogens with zero attached hydrogens (tertiary/aromatic N) is 1. The first-order valence-electron chi connectivity index (χ1n) is 4.44. The number of aromatic nitrogens is 2. The van der Waals surface area contributed by atoms with Crippen LogP contribution in [-0.4, -0.2) is 23.1 Å². The van der Waals surface area contributed by atoms with E-state index < -0.39 is 0 Å². The molecule has 0 aromatic carbocycles. The molecule has 0 amide bonds. The van der Waals surface area contributed by atoms with Crippen LogP contribution < -0.4 is 11.2 Å². The van der Waals surface area contributed by atoms with E-state index in [1.807, 2.05) is 6.20 Å². The molecule has 1 rings (SSSR count). The maximum atomic E-state index is 4.89. The van der Waals surface area contributed by atoms with Gasteiger partial charge in [0.2, 0.25) is 0 Å². The molecular formula is C8H16N4O. The second kappa shape index (κ2) is 6.59. The topological polar surface area (TPSA) is 76.0 Å². The van der Waals surface area contributed by atoms with Crippen LogP contribution in [0.15, 0.2) is 12.4 Å². The minimum atomic E-state index is 0.627. The zero-order chi connectivity index (χ0) is 9.36. The Bertz CT molecular complexity index is 200. The maximum Gasteiger partial charge on any atom is 0.120 e. The van der Waals surface area contributed by atoms with Crippen LogP contribution in [0.2, 0.25) is 0 Å². The Morgan fingerprint density at radius 3 is 3.15 bits per heavy atom. The Labute approximate surface area is 77.6 Å². The summed E-state index contributed by atoms with van der Waals surface area (Å²) >= 11 is 0. The van der Waals surface area contributed by atoms with Gasteiger partial charge in [-0.15, -0.1) is 0 Å². The van der Waals surface area contributed by atoms with Crippen molar-refractivity contribution in [2.24, 2.45) is 5.90 Å². The number of imidazole rings is 1. The lowest BCUT2D eigenvalue weighted by Gasteiger charge is -2.01. The second-order valence-electron chi connectivity index (χ2n) is 2.79. The van der Waals surface area contributed by atoms with Crippen LogP contribution in [0.5, 0.6) is 0 Å². The largest absolute Gasteiger partial charge is 0.348 e. The number of nitrogens with two attached hydrogens (primary N) is 1. The van der Waals surface area contributed by atoms with E-state index >= 15 is 0 Å². The molecule has 0 fully saturated rings. The van der Waals surface area contributed by atoms with E-state index in [9.17, 15) is 0 Å². The molecule has 1 heterocycles. The van der Waals surface area contributed by atoms with Gasteiger partial charge in [0, 0.05) is 12.4 Å². The number of hydrogen-bond acceptors (Lipinski definition) is 4. The van der Waals surface area contributed by atoms with Crippen molar-refractivity contribution in [2.75, 3.05) is 13.2 Å². The van der Waals surface area contributed by atoms with Gasteiger partial charge in [-0.05, 0) is 19.4 Å². The summed E-state index contributed by atoms with van der Waals surface area (Å²) in [5.74, 6) is 5.85. The standard InChI is InChI=1S/C8H16N4O/c9-13-6-2-1-3-10-7-8-11-4-5-12-8/h4-5,10H,1-3,6-7,9H2,(H,11,12). The SMILES string of the molecule is NOCCCCNCc1ncc[nH]1. The van der Waals surface area contributed by atoms with Gasteiger partial charge in [-0.2, -0.15) is 0 Å². The van der Waals surface area contributed by atoms with E-state index in [4.69, 9.17) is 5.90 Å². The highest BCUT2D eigenvalue weighted by atomic mass is 16.6. The second-order valence-corrected chi connectivity index (χ2v) is 2.79. The van der Waals surface area contributed by atoms with Gasteiger partial charge in [0.05, 0.1) is 13.2 Å². The first-order valence-corrected chi connectivity index (χ1v) is 4.44. The van der Waals surface area contributed by atoms with Gasteiger partial charge in [0.25, 0.3) is 0 Å².